The molecule has 4 aromatic carbocycles. The summed E-state index contributed by atoms with van der Waals surface area (Å²) in [5.41, 5.74) is 1.69. The molecule has 0 spiro atoms. The van der Waals surface area contributed by atoms with Crippen LogP contribution in [0.4, 0.5) is 0 Å². The van der Waals surface area contributed by atoms with Gasteiger partial charge < -0.3 is 9.47 Å². The summed E-state index contributed by atoms with van der Waals surface area (Å²) < 4.78 is 11.3. The third-order valence-corrected chi connectivity index (χ3v) is 9.54. The fraction of sp³-hybridized carbons (Fsp3) is 0.250. The Kier molecular flexibility index (Phi) is 10.1. The Morgan fingerprint density at radius 3 is 1.63 bits per heavy atom. The second kappa shape index (κ2) is 14.1. The summed E-state index contributed by atoms with van der Waals surface area (Å²) in [6.07, 6.45) is 3.56. The van der Waals surface area contributed by atoms with Crippen molar-refractivity contribution >= 4 is 41.1 Å². The molecule has 0 aromatic heterocycles. The van der Waals surface area contributed by atoms with Gasteiger partial charge in [0.15, 0.2) is 11.6 Å². The van der Waals surface area contributed by atoms with Gasteiger partial charge >= 0.3 is 5.97 Å². The second-order valence-corrected chi connectivity index (χ2v) is 12.5. The first-order valence-electron chi connectivity index (χ1n) is 14.7. The monoisotopic (exact) mass is 610 g/mol. The number of esters is 1. The van der Waals surface area contributed by atoms with Crippen molar-refractivity contribution in [2.45, 2.75) is 66.0 Å². The first-order chi connectivity index (χ1) is 20.9. The molecule has 0 atom stereocenters. The summed E-state index contributed by atoms with van der Waals surface area (Å²) in [6, 6.07) is 25.9. The lowest BCUT2D eigenvalue weighted by Crippen LogP contribution is -2.22. The quantitative estimate of drug-likeness (QED) is 0.0792. The summed E-state index contributed by atoms with van der Waals surface area (Å²) in [5, 5.41) is 0. The fourth-order valence-corrected chi connectivity index (χ4v) is 6.89. The Morgan fingerprint density at radius 1 is 0.674 bits per heavy atom. The van der Waals surface area contributed by atoms with Gasteiger partial charge in [-0.1, -0.05) is 75.0 Å². The Balaban J connectivity index is 1.36. The molecular formula is C36H34O5S2. The summed E-state index contributed by atoms with van der Waals surface area (Å²) in [4.78, 5) is 43.4. The van der Waals surface area contributed by atoms with E-state index in [1.54, 1.807) is 24.3 Å². The van der Waals surface area contributed by atoms with Gasteiger partial charge in [0.25, 0.3) is 0 Å². The molecule has 5 rings (SSSR count). The number of benzene rings is 4. The minimum absolute atomic E-state index is 0.120. The lowest BCUT2D eigenvalue weighted by Gasteiger charge is -2.22. The van der Waals surface area contributed by atoms with E-state index < -0.39 is 0 Å². The third kappa shape index (κ3) is 6.89. The van der Waals surface area contributed by atoms with Crippen LogP contribution < -0.4 is 9.47 Å². The van der Waals surface area contributed by atoms with Crippen LogP contribution in [0, 0.1) is 5.92 Å². The Bertz CT molecular complexity index is 1620. The van der Waals surface area contributed by atoms with Crippen LogP contribution >= 0.6 is 23.5 Å². The molecular weight excluding hydrogens is 577 g/mol. The van der Waals surface area contributed by atoms with Gasteiger partial charge in [-0.25, -0.2) is 0 Å². The molecule has 0 heterocycles. The zero-order valence-electron chi connectivity index (χ0n) is 24.6. The number of rotatable bonds is 12. The maximum absolute atomic E-state index is 13.9. The van der Waals surface area contributed by atoms with Crippen LogP contribution in [0.5, 0.6) is 11.5 Å². The molecule has 0 fully saturated rings. The number of carbonyl (C=O) groups excluding carboxylic acids is 3. The van der Waals surface area contributed by atoms with E-state index in [2.05, 4.69) is 6.92 Å². The van der Waals surface area contributed by atoms with E-state index in [0.717, 1.165) is 46.1 Å². The molecule has 4 aromatic rings. The van der Waals surface area contributed by atoms with Crippen molar-refractivity contribution in [1.82, 2.24) is 0 Å². The Morgan fingerprint density at radius 2 is 1.16 bits per heavy atom. The SMILES string of the molecule is CCCCOc1ccc(Sc2cccc3c2C(=O)c2cccc(Sc4ccc(OC(=O)C(CC)CC)cc4)c2C3=O)cc1. The highest BCUT2D eigenvalue weighted by atomic mass is 32.2. The number of carbonyl (C=O) groups is 3. The van der Waals surface area contributed by atoms with Crippen molar-refractivity contribution in [2.75, 3.05) is 6.61 Å². The average molecular weight is 611 g/mol. The number of fused-ring (bicyclic) bond motifs is 2. The molecule has 43 heavy (non-hydrogen) atoms. The van der Waals surface area contributed by atoms with Crippen LogP contribution in [0.15, 0.2) is 105 Å². The highest BCUT2D eigenvalue weighted by Crippen LogP contribution is 2.41. The number of unbranched alkanes of at least 4 members (excludes halogenated alkanes) is 1. The van der Waals surface area contributed by atoms with Crippen LogP contribution in [0.3, 0.4) is 0 Å². The van der Waals surface area contributed by atoms with Gasteiger partial charge in [0.05, 0.1) is 12.5 Å². The zero-order chi connectivity index (χ0) is 30.3. The molecule has 5 nitrogen and oxygen atoms in total. The van der Waals surface area contributed by atoms with Gasteiger partial charge in [-0.05, 0) is 79.9 Å². The van der Waals surface area contributed by atoms with Gasteiger partial charge in [0.1, 0.15) is 11.5 Å². The van der Waals surface area contributed by atoms with Crippen molar-refractivity contribution in [3.05, 3.63) is 107 Å². The van der Waals surface area contributed by atoms with Gasteiger partial charge in [-0.2, -0.15) is 0 Å². The first kappa shape index (κ1) is 30.6. The number of hydrogen-bond donors (Lipinski definition) is 0. The van der Waals surface area contributed by atoms with Crippen molar-refractivity contribution in [3.8, 4) is 11.5 Å². The lowest BCUT2D eigenvalue weighted by atomic mass is 9.84. The Hall–Kier alpha value is -3.81. The minimum atomic E-state index is -0.226. The van der Waals surface area contributed by atoms with E-state index in [9.17, 15) is 14.4 Å². The van der Waals surface area contributed by atoms with E-state index in [1.807, 2.05) is 74.5 Å². The predicted molar refractivity (Wildman–Crippen MR) is 171 cm³/mol. The van der Waals surface area contributed by atoms with Crippen molar-refractivity contribution in [1.29, 1.82) is 0 Å². The van der Waals surface area contributed by atoms with Crippen molar-refractivity contribution in [3.63, 3.8) is 0 Å². The highest BCUT2D eigenvalue weighted by Gasteiger charge is 2.33. The smallest absolute Gasteiger partial charge is 0.314 e. The maximum Gasteiger partial charge on any atom is 0.314 e. The molecule has 0 saturated carbocycles. The number of hydrogen-bond acceptors (Lipinski definition) is 7. The van der Waals surface area contributed by atoms with Gasteiger partial charge in [0.2, 0.25) is 0 Å². The van der Waals surface area contributed by atoms with Crippen molar-refractivity contribution < 1.29 is 23.9 Å². The van der Waals surface area contributed by atoms with Gasteiger partial charge in [0, 0.05) is 41.8 Å². The van der Waals surface area contributed by atoms with E-state index in [0.29, 0.717) is 39.5 Å². The van der Waals surface area contributed by atoms with E-state index in [-0.39, 0.29) is 23.5 Å². The van der Waals surface area contributed by atoms with Gasteiger partial charge in [-0.3, -0.25) is 14.4 Å². The van der Waals surface area contributed by atoms with Gasteiger partial charge in [-0.15, -0.1) is 0 Å². The van der Waals surface area contributed by atoms with Crippen LogP contribution in [0.1, 0.15) is 78.3 Å². The average Bonchev–Trinajstić information content (AvgIpc) is 3.02. The summed E-state index contributed by atoms with van der Waals surface area (Å²) in [7, 11) is 0. The molecule has 0 aliphatic heterocycles. The Labute approximate surface area is 261 Å². The van der Waals surface area contributed by atoms with Crippen LogP contribution in [0.2, 0.25) is 0 Å². The zero-order valence-corrected chi connectivity index (χ0v) is 26.2. The minimum Gasteiger partial charge on any atom is -0.494 e. The molecule has 220 valence electrons. The molecule has 0 bridgehead atoms. The van der Waals surface area contributed by atoms with Crippen LogP contribution in [-0.4, -0.2) is 24.1 Å². The first-order valence-corrected chi connectivity index (χ1v) is 16.3. The topological polar surface area (TPSA) is 69.7 Å². The summed E-state index contributed by atoms with van der Waals surface area (Å²) in [6.45, 7) is 6.76. The molecule has 7 heteroatoms. The molecule has 1 aliphatic rings. The fourth-order valence-electron chi connectivity index (χ4n) is 4.94. The normalized spacial score (nSPS) is 12.2. The van der Waals surface area contributed by atoms with E-state index >= 15 is 0 Å². The summed E-state index contributed by atoms with van der Waals surface area (Å²) in [5.74, 6) is 0.640. The largest absolute Gasteiger partial charge is 0.494 e. The highest BCUT2D eigenvalue weighted by molar-refractivity contribution is 7.99. The van der Waals surface area contributed by atoms with Crippen LogP contribution in [0.25, 0.3) is 0 Å². The molecule has 0 amide bonds. The third-order valence-electron chi connectivity index (χ3n) is 7.40. The molecule has 0 unspecified atom stereocenters. The van der Waals surface area contributed by atoms with Crippen LogP contribution in [-0.2, 0) is 4.79 Å². The standard InChI is InChI=1S/C36H34O5S2/c1-4-7-22-40-24-14-18-26(19-15-24)42-30-12-8-10-28-32(30)34(37)29-11-9-13-31(33(29)35(28)38)43-27-20-16-25(17-21-27)41-36(39)23(5-2)6-3/h8-21,23H,4-7,22H2,1-3H3. The van der Waals surface area contributed by atoms with E-state index in [1.165, 1.54) is 23.5 Å². The van der Waals surface area contributed by atoms with E-state index in [4.69, 9.17) is 9.47 Å². The second-order valence-electron chi connectivity index (χ2n) is 10.3. The lowest BCUT2D eigenvalue weighted by molar-refractivity contribution is -0.139. The number of ketones is 2. The molecule has 0 saturated heterocycles. The molecule has 1 aliphatic carbocycles. The molecule has 0 N–H and O–H groups in total. The number of ether oxygens (including phenoxy) is 2. The summed E-state index contributed by atoms with van der Waals surface area (Å²) >= 11 is 2.88. The predicted octanol–water partition coefficient (Wildman–Crippen LogP) is 9.28. The molecule has 0 radical (unpaired) electrons. The maximum atomic E-state index is 13.9. The van der Waals surface area contributed by atoms with Crippen molar-refractivity contribution in [2.24, 2.45) is 5.92 Å².